The predicted molar refractivity (Wildman–Crippen MR) is 84.4 cm³/mol. The van der Waals surface area contributed by atoms with Crippen molar-refractivity contribution in [2.45, 2.75) is 46.2 Å². The lowest BCUT2D eigenvalue weighted by atomic mass is 10.0. The molecule has 0 radical (unpaired) electrons. The molecule has 1 N–H and O–H groups in total. The first kappa shape index (κ1) is 15.8. The number of hydrogen-bond acceptors (Lipinski definition) is 3. The zero-order valence-electron chi connectivity index (χ0n) is 13.3. The van der Waals surface area contributed by atoms with Crippen molar-refractivity contribution in [3.8, 4) is 0 Å². The van der Waals surface area contributed by atoms with Crippen molar-refractivity contribution in [2.24, 2.45) is 0 Å². The van der Waals surface area contributed by atoms with Gasteiger partial charge in [-0.05, 0) is 50.3 Å². The highest BCUT2D eigenvalue weighted by Crippen LogP contribution is 2.14. The van der Waals surface area contributed by atoms with Gasteiger partial charge in [-0.15, -0.1) is 0 Å². The third kappa shape index (κ3) is 4.46. The minimum absolute atomic E-state index is 0.176. The van der Waals surface area contributed by atoms with E-state index in [4.69, 9.17) is 4.74 Å². The van der Waals surface area contributed by atoms with Crippen LogP contribution in [0.1, 0.15) is 36.5 Å². The molecule has 0 unspecified atom stereocenters. The summed E-state index contributed by atoms with van der Waals surface area (Å²) in [7, 11) is 0. The molecule has 0 aliphatic carbocycles. The molecular formula is C17H26N2O2. The summed E-state index contributed by atoms with van der Waals surface area (Å²) in [6, 6.07) is 7.09. The first-order valence-electron chi connectivity index (χ1n) is 7.81. The third-order valence-electron chi connectivity index (χ3n) is 4.19. The lowest BCUT2D eigenvalue weighted by molar-refractivity contribution is 0.0950. The standard InChI is InChI=1S/C17H26N2O2/c1-4-21-17(20)19-9-7-16(8-10-19)18-12-15-6-5-13(2)14(3)11-15/h5-6,11,16,18H,4,7-10,12H2,1-3H3. The van der Waals surface area contributed by atoms with E-state index < -0.39 is 0 Å². The average molecular weight is 290 g/mol. The number of rotatable bonds is 4. The van der Waals surface area contributed by atoms with E-state index in [1.807, 2.05) is 6.92 Å². The Balaban J connectivity index is 1.76. The lowest BCUT2D eigenvalue weighted by Gasteiger charge is -2.31. The van der Waals surface area contributed by atoms with E-state index in [0.29, 0.717) is 12.6 Å². The van der Waals surface area contributed by atoms with E-state index in [1.165, 1.54) is 16.7 Å². The van der Waals surface area contributed by atoms with Crippen molar-refractivity contribution in [3.05, 3.63) is 34.9 Å². The van der Waals surface area contributed by atoms with Crippen LogP contribution in [-0.4, -0.2) is 36.7 Å². The molecule has 1 fully saturated rings. The molecule has 0 saturated carbocycles. The van der Waals surface area contributed by atoms with Crippen LogP contribution in [-0.2, 0) is 11.3 Å². The molecule has 21 heavy (non-hydrogen) atoms. The number of nitrogens with zero attached hydrogens (tertiary/aromatic N) is 1. The van der Waals surface area contributed by atoms with Crippen LogP contribution in [0.15, 0.2) is 18.2 Å². The summed E-state index contributed by atoms with van der Waals surface area (Å²) in [5, 5.41) is 3.60. The maximum atomic E-state index is 11.6. The Labute approximate surface area is 127 Å². The minimum atomic E-state index is -0.176. The highest BCUT2D eigenvalue weighted by molar-refractivity contribution is 5.67. The van der Waals surface area contributed by atoms with Gasteiger partial charge in [0.05, 0.1) is 6.61 Å². The number of carbonyl (C=O) groups excluding carboxylic acids is 1. The number of amides is 1. The molecule has 1 aromatic carbocycles. The smallest absolute Gasteiger partial charge is 0.409 e. The molecule has 0 atom stereocenters. The normalized spacial score (nSPS) is 16.0. The maximum absolute atomic E-state index is 11.6. The number of hydrogen-bond donors (Lipinski definition) is 1. The number of likely N-dealkylation sites (tertiary alicyclic amines) is 1. The van der Waals surface area contributed by atoms with Crippen LogP contribution in [0, 0.1) is 13.8 Å². The maximum Gasteiger partial charge on any atom is 0.409 e. The molecule has 4 nitrogen and oxygen atoms in total. The van der Waals surface area contributed by atoms with E-state index in [0.717, 1.165) is 32.5 Å². The summed E-state index contributed by atoms with van der Waals surface area (Å²) < 4.78 is 5.04. The fourth-order valence-corrected chi connectivity index (χ4v) is 2.66. The number of carbonyl (C=O) groups is 1. The van der Waals surface area contributed by atoms with Crippen LogP contribution in [0.4, 0.5) is 4.79 Å². The largest absolute Gasteiger partial charge is 0.450 e. The summed E-state index contributed by atoms with van der Waals surface area (Å²) >= 11 is 0. The Morgan fingerprint density at radius 3 is 2.62 bits per heavy atom. The summed E-state index contributed by atoms with van der Waals surface area (Å²) in [6.45, 7) is 9.03. The number of ether oxygens (including phenoxy) is 1. The van der Waals surface area contributed by atoms with Crippen LogP contribution < -0.4 is 5.32 Å². The molecule has 2 rings (SSSR count). The van der Waals surface area contributed by atoms with Gasteiger partial charge < -0.3 is 15.0 Å². The van der Waals surface area contributed by atoms with E-state index in [-0.39, 0.29) is 6.09 Å². The average Bonchev–Trinajstić information content (AvgIpc) is 2.49. The van der Waals surface area contributed by atoms with Gasteiger partial charge in [0.15, 0.2) is 0 Å². The summed E-state index contributed by atoms with van der Waals surface area (Å²) in [4.78, 5) is 13.4. The third-order valence-corrected chi connectivity index (χ3v) is 4.19. The summed E-state index contributed by atoms with van der Waals surface area (Å²) in [6.07, 6.45) is 1.80. The Morgan fingerprint density at radius 1 is 1.29 bits per heavy atom. The number of nitrogens with one attached hydrogen (secondary N) is 1. The summed E-state index contributed by atoms with van der Waals surface area (Å²) in [5.74, 6) is 0. The lowest BCUT2D eigenvalue weighted by Crippen LogP contribution is -2.44. The molecule has 116 valence electrons. The number of aryl methyl sites for hydroxylation is 2. The highest BCUT2D eigenvalue weighted by atomic mass is 16.6. The fraction of sp³-hybridized carbons (Fsp3) is 0.588. The van der Waals surface area contributed by atoms with E-state index in [1.54, 1.807) is 4.90 Å². The second-order valence-corrected chi connectivity index (χ2v) is 5.76. The van der Waals surface area contributed by atoms with Crippen molar-refractivity contribution in [3.63, 3.8) is 0 Å². The predicted octanol–water partition coefficient (Wildman–Crippen LogP) is 3.01. The van der Waals surface area contributed by atoms with Crippen LogP contribution >= 0.6 is 0 Å². The van der Waals surface area contributed by atoms with Crippen LogP contribution in [0.25, 0.3) is 0 Å². The van der Waals surface area contributed by atoms with Crippen molar-refractivity contribution in [2.75, 3.05) is 19.7 Å². The first-order chi connectivity index (χ1) is 10.1. The molecule has 1 amide bonds. The first-order valence-corrected chi connectivity index (χ1v) is 7.81. The van der Waals surface area contributed by atoms with Crippen LogP contribution in [0.3, 0.4) is 0 Å². The number of benzene rings is 1. The molecule has 0 spiro atoms. The topological polar surface area (TPSA) is 41.6 Å². The molecule has 1 aliphatic rings. The van der Waals surface area contributed by atoms with E-state index in [2.05, 4.69) is 37.4 Å². The molecule has 1 heterocycles. The monoisotopic (exact) mass is 290 g/mol. The van der Waals surface area contributed by atoms with Gasteiger partial charge in [-0.25, -0.2) is 4.79 Å². The van der Waals surface area contributed by atoms with Gasteiger partial charge in [0.1, 0.15) is 0 Å². The Bertz CT molecular complexity index is 480. The fourth-order valence-electron chi connectivity index (χ4n) is 2.66. The summed E-state index contributed by atoms with van der Waals surface area (Å²) in [5.41, 5.74) is 4.00. The van der Waals surface area contributed by atoms with Gasteiger partial charge in [-0.3, -0.25) is 0 Å². The second-order valence-electron chi connectivity index (χ2n) is 5.76. The van der Waals surface area contributed by atoms with Gasteiger partial charge in [0, 0.05) is 25.7 Å². The zero-order chi connectivity index (χ0) is 15.2. The van der Waals surface area contributed by atoms with E-state index in [9.17, 15) is 4.79 Å². The minimum Gasteiger partial charge on any atom is -0.450 e. The van der Waals surface area contributed by atoms with Crippen molar-refractivity contribution < 1.29 is 9.53 Å². The SMILES string of the molecule is CCOC(=O)N1CCC(NCc2ccc(C)c(C)c2)CC1. The Hall–Kier alpha value is -1.55. The second kappa shape index (κ2) is 7.46. The Kier molecular flexibility index (Phi) is 5.62. The van der Waals surface area contributed by atoms with Crippen molar-refractivity contribution >= 4 is 6.09 Å². The molecule has 4 heteroatoms. The molecule has 1 saturated heterocycles. The van der Waals surface area contributed by atoms with Gasteiger partial charge in [-0.1, -0.05) is 18.2 Å². The molecule has 1 aliphatic heterocycles. The van der Waals surface area contributed by atoms with E-state index >= 15 is 0 Å². The van der Waals surface area contributed by atoms with Gasteiger partial charge in [0.25, 0.3) is 0 Å². The Morgan fingerprint density at radius 2 is 2.00 bits per heavy atom. The quantitative estimate of drug-likeness (QED) is 0.927. The van der Waals surface area contributed by atoms with Gasteiger partial charge >= 0.3 is 6.09 Å². The van der Waals surface area contributed by atoms with Gasteiger partial charge in [-0.2, -0.15) is 0 Å². The molecular weight excluding hydrogens is 264 g/mol. The number of piperidine rings is 1. The van der Waals surface area contributed by atoms with Crippen LogP contribution in [0.2, 0.25) is 0 Å². The molecule has 1 aromatic rings. The highest BCUT2D eigenvalue weighted by Gasteiger charge is 2.23. The zero-order valence-corrected chi connectivity index (χ0v) is 13.3. The molecule has 0 bridgehead atoms. The van der Waals surface area contributed by atoms with Crippen LogP contribution in [0.5, 0.6) is 0 Å². The van der Waals surface area contributed by atoms with Gasteiger partial charge in [0.2, 0.25) is 0 Å². The molecule has 0 aromatic heterocycles. The van der Waals surface area contributed by atoms with Crippen molar-refractivity contribution in [1.82, 2.24) is 10.2 Å². The van der Waals surface area contributed by atoms with Crippen molar-refractivity contribution in [1.29, 1.82) is 0 Å².